The maximum absolute atomic E-state index is 12.4. The molecule has 3 N–H and O–H groups in total. The smallest absolute Gasteiger partial charge is 0.305 e. The molecule has 0 aliphatic carbocycles. The molecule has 2 atom stereocenters. The lowest BCUT2D eigenvalue weighted by atomic mass is 10.0. The molecule has 0 aromatic heterocycles. The van der Waals surface area contributed by atoms with Crippen LogP contribution in [0.25, 0.3) is 0 Å². The molecule has 0 aliphatic rings. The summed E-state index contributed by atoms with van der Waals surface area (Å²) in [6.07, 6.45) is 58.3. The molecule has 0 bridgehead atoms. The molecule has 6 nitrogen and oxygen atoms in total. The monoisotopic (exact) mass is 830 g/mol. The summed E-state index contributed by atoms with van der Waals surface area (Å²) in [5.41, 5.74) is 0. The van der Waals surface area contributed by atoms with E-state index in [9.17, 15) is 19.8 Å². The third-order valence-corrected chi connectivity index (χ3v) is 11.7. The molecule has 0 aliphatic heterocycles. The number of rotatable bonds is 47. The maximum Gasteiger partial charge on any atom is 0.305 e. The number of carbonyl (C=O) groups is 2. The summed E-state index contributed by atoms with van der Waals surface area (Å²) < 4.78 is 5.46. The first kappa shape index (κ1) is 57.1. The van der Waals surface area contributed by atoms with Crippen molar-refractivity contribution >= 4 is 11.9 Å². The number of aliphatic hydroxyl groups excluding tert-OH is 2. The van der Waals surface area contributed by atoms with Gasteiger partial charge < -0.3 is 20.3 Å². The van der Waals surface area contributed by atoms with Gasteiger partial charge in [0.05, 0.1) is 25.4 Å². The van der Waals surface area contributed by atoms with Crippen LogP contribution >= 0.6 is 0 Å². The number of nitrogens with one attached hydrogen (secondary N) is 1. The van der Waals surface area contributed by atoms with Crippen molar-refractivity contribution in [2.75, 3.05) is 13.2 Å². The van der Waals surface area contributed by atoms with Gasteiger partial charge in [0.25, 0.3) is 0 Å². The number of allylic oxidation sites excluding steroid dienone is 6. The first-order chi connectivity index (χ1) is 29.0. The maximum atomic E-state index is 12.4. The van der Waals surface area contributed by atoms with Crippen molar-refractivity contribution in [1.29, 1.82) is 0 Å². The fourth-order valence-corrected chi connectivity index (χ4v) is 7.66. The van der Waals surface area contributed by atoms with Crippen LogP contribution in [0.2, 0.25) is 0 Å². The van der Waals surface area contributed by atoms with Gasteiger partial charge in [-0.25, -0.2) is 0 Å². The molecular weight excluding hydrogens is 731 g/mol. The predicted octanol–water partition coefficient (Wildman–Crippen LogP) is 15.3. The molecule has 59 heavy (non-hydrogen) atoms. The van der Waals surface area contributed by atoms with Gasteiger partial charge in [0.1, 0.15) is 0 Å². The molecule has 0 aromatic rings. The molecular formula is C53H99NO5. The topological polar surface area (TPSA) is 95.9 Å². The zero-order valence-corrected chi connectivity index (χ0v) is 39.2. The predicted molar refractivity (Wildman–Crippen MR) is 255 cm³/mol. The van der Waals surface area contributed by atoms with Gasteiger partial charge in [-0.05, 0) is 83.5 Å². The van der Waals surface area contributed by atoms with Crippen molar-refractivity contribution in [2.24, 2.45) is 0 Å². The van der Waals surface area contributed by atoms with Crippen LogP contribution in [-0.2, 0) is 14.3 Å². The fourth-order valence-electron chi connectivity index (χ4n) is 7.66. The minimum atomic E-state index is -0.680. The quantitative estimate of drug-likeness (QED) is 0.0323. The van der Waals surface area contributed by atoms with E-state index >= 15 is 0 Å². The molecule has 0 saturated carbocycles. The molecule has 0 fully saturated rings. The van der Waals surface area contributed by atoms with Crippen molar-refractivity contribution in [1.82, 2.24) is 5.32 Å². The van der Waals surface area contributed by atoms with Crippen molar-refractivity contribution in [3.05, 3.63) is 36.5 Å². The minimum absolute atomic E-state index is 0.0172. The molecule has 6 heteroatoms. The second kappa shape index (κ2) is 48.7. The molecule has 0 aromatic carbocycles. The summed E-state index contributed by atoms with van der Waals surface area (Å²) in [6.45, 7) is 4.86. The molecule has 0 saturated heterocycles. The van der Waals surface area contributed by atoms with E-state index in [1.165, 1.54) is 154 Å². The Bertz CT molecular complexity index is 962. The summed E-state index contributed by atoms with van der Waals surface area (Å²) in [4.78, 5) is 24.4. The summed E-state index contributed by atoms with van der Waals surface area (Å²) in [6, 6.07) is -0.560. The van der Waals surface area contributed by atoms with Gasteiger partial charge in [0.15, 0.2) is 0 Å². The number of carbonyl (C=O) groups excluding carboxylic acids is 2. The average molecular weight is 830 g/mol. The Morgan fingerprint density at radius 3 is 1.36 bits per heavy atom. The zero-order chi connectivity index (χ0) is 43.0. The summed E-state index contributed by atoms with van der Waals surface area (Å²) in [7, 11) is 0. The number of hydrogen-bond donors (Lipinski definition) is 3. The van der Waals surface area contributed by atoms with Gasteiger partial charge in [-0.3, -0.25) is 9.59 Å². The largest absolute Gasteiger partial charge is 0.466 e. The molecule has 346 valence electrons. The Morgan fingerprint density at radius 1 is 0.475 bits per heavy atom. The lowest BCUT2D eigenvalue weighted by Gasteiger charge is -2.22. The third-order valence-electron chi connectivity index (χ3n) is 11.7. The van der Waals surface area contributed by atoms with Crippen LogP contribution in [0.1, 0.15) is 264 Å². The van der Waals surface area contributed by atoms with Crippen LogP contribution < -0.4 is 5.32 Å². The van der Waals surface area contributed by atoms with Crippen LogP contribution in [0.15, 0.2) is 36.5 Å². The van der Waals surface area contributed by atoms with Crippen LogP contribution in [-0.4, -0.2) is 47.4 Å². The summed E-state index contributed by atoms with van der Waals surface area (Å²) in [5, 5.41) is 23.1. The van der Waals surface area contributed by atoms with Gasteiger partial charge >= 0.3 is 5.97 Å². The number of esters is 1. The third kappa shape index (κ3) is 45.4. The van der Waals surface area contributed by atoms with Crippen molar-refractivity contribution in [3.63, 3.8) is 0 Å². The van der Waals surface area contributed by atoms with E-state index in [1.54, 1.807) is 0 Å². The molecule has 0 rings (SSSR count). The Hall–Kier alpha value is -1.92. The number of hydrogen-bond acceptors (Lipinski definition) is 5. The first-order valence-corrected chi connectivity index (χ1v) is 25.7. The molecule has 0 spiro atoms. The van der Waals surface area contributed by atoms with Crippen LogP contribution in [0, 0.1) is 0 Å². The highest BCUT2D eigenvalue weighted by molar-refractivity contribution is 5.76. The summed E-state index contributed by atoms with van der Waals surface area (Å²) >= 11 is 0. The standard InChI is InChI=1S/C53H99NO5/c1-3-5-7-9-11-13-15-16-17-18-19-20-21-24-27-31-35-39-43-47-53(58)59-48-44-40-36-32-28-25-22-23-26-30-34-38-42-46-52(57)54-50(49-55)51(56)45-41-37-33-29-14-12-10-8-6-4-2/h11,13,16-17,23,26,50-51,55-56H,3-10,12,14-15,18-22,24-25,27-49H2,1-2H3,(H,54,57)/b13-11-,17-16-,26-23-. The fraction of sp³-hybridized carbons (Fsp3) is 0.849. The van der Waals surface area contributed by atoms with Crippen molar-refractivity contribution in [2.45, 2.75) is 276 Å². The van der Waals surface area contributed by atoms with E-state index in [-0.39, 0.29) is 18.5 Å². The second-order valence-corrected chi connectivity index (χ2v) is 17.5. The number of aliphatic hydroxyl groups is 2. The number of amides is 1. The van der Waals surface area contributed by atoms with E-state index in [2.05, 4.69) is 55.6 Å². The molecule has 0 radical (unpaired) electrons. The number of unbranched alkanes of at least 4 members (excludes halogenated alkanes) is 30. The van der Waals surface area contributed by atoms with Gasteiger partial charge in [-0.1, -0.05) is 204 Å². The lowest BCUT2D eigenvalue weighted by Crippen LogP contribution is -2.45. The highest BCUT2D eigenvalue weighted by Crippen LogP contribution is 2.15. The van der Waals surface area contributed by atoms with E-state index in [0.29, 0.717) is 25.9 Å². The minimum Gasteiger partial charge on any atom is -0.466 e. The Morgan fingerprint density at radius 2 is 0.847 bits per heavy atom. The van der Waals surface area contributed by atoms with Gasteiger partial charge in [-0.15, -0.1) is 0 Å². The van der Waals surface area contributed by atoms with Gasteiger partial charge in [0, 0.05) is 12.8 Å². The van der Waals surface area contributed by atoms with Gasteiger partial charge in [-0.2, -0.15) is 0 Å². The molecule has 2 unspecified atom stereocenters. The van der Waals surface area contributed by atoms with Crippen LogP contribution in [0.4, 0.5) is 0 Å². The van der Waals surface area contributed by atoms with E-state index in [4.69, 9.17) is 4.74 Å². The SMILES string of the molecule is CCCCC/C=C\C/C=C\CCCCCCCCCCCC(=O)OCCCCCCCC/C=C\CCCCCC(=O)NC(CO)C(O)CCCCCCCCCCCC. The normalized spacial score (nSPS) is 12.9. The van der Waals surface area contributed by atoms with Crippen molar-refractivity contribution in [3.8, 4) is 0 Å². The van der Waals surface area contributed by atoms with Gasteiger partial charge in [0.2, 0.25) is 5.91 Å². The lowest BCUT2D eigenvalue weighted by molar-refractivity contribution is -0.143. The van der Waals surface area contributed by atoms with Crippen molar-refractivity contribution < 1.29 is 24.5 Å². The van der Waals surface area contributed by atoms with E-state index in [0.717, 1.165) is 77.0 Å². The molecule has 0 heterocycles. The summed E-state index contributed by atoms with van der Waals surface area (Å²) in [5.74, 6) is -0.0849. The Labute approximate surface area is 366 Å². The second-order valence-electron chi connectivity index (χ2n) is 17.5. The Balaban J connectivity index is 3.47. The first-order valence-electron chi connectivity index (χ1n) is 25.7. The highest BCUT2D eigenvalue weighted by atomic mass is 16.5. The molecule has 1 amide bonds. The average Bonchev–Trinajstić information content (AvgIpc) is 3.24. The van der Waals surface area contributed by atoms with E-state index < -0.39 is 12.1 Å². The van der Waals surface area contributed by atoms with E-state index in [1.807, 2.05) is 0 Å². The number of ether oxygens (including phenoxy) is 1. The Kier molecular flexibility index (Phi) is 47.2. The van der Waals surface area contributed by atoms with Crippen LogP contribution in [0.3, 0.4) is 0 Å². The zero-order valence-electron chi connectivity index (χ0n) is 39.2. The van der Waals surface area contributed by atoms with Crippen LogP contribution in [0.5, 0.6) is 0 Å². The highest BCUT2D eigenvalue weighted by Gasteiger charge is 2.20.